The molecule has 0 fully saturated rings. The summed E-state index contributed by atoms with van der Waals surface area (Å²) < 4.78 is 0. The second-order valence-corrected chi connectivity index (χ2v) is 15.9. The van der Waals surface area contributed by atoms with Crippen LogP contribution < -0.4 is 0 Å². The molecule has 2 unspecified atom stereocenters. The molecule has 4 aromatic carbocycles. The van der Waals surface area contributed by atoms with Crippen LogP contribution in [0.2, 0.25) is 13.1 Å². The number of halogens is 2. The lowest BCUT2D eigenvalue weighted by Gasteiger charge is -2.32. The first-order valence-electron chi connectivity index (χ1n) is 12.9. The van der Waals surface area contributed by atoms with Crippen LogP contribution in [0.25, 0.3) is 32.6 Å². The predicted molar refractivity (Wildman–Crippen MR) is 164 cm³/mol. The van der Waals surface area contributed by atoms with Gasteiger partial charge in [0, 0.05) is 0 Å². The fourth-order valence-electron chi connectivity index (χ4n) is 6.69. The molecular weight excluding hydrogens is 507 g/mol. The first-order chi connectivity index (χ1) is 17.8. The van der Waals surface area contributed by atoms with Crippen LogP contribution in [-0.4, -0.2) is 8.07 Å². The molecule has 0 radical (unpaired) electrons. The molecule has 0 heterocycles. The van der Waals surface area contributed by atoms with Crippen molar-refractivity contribution in [2.45, 2.75) is 37.7 Å². The van der Waals surface area contributed by atoms with Crippen LogP contribution in [0.15, 0.2) is 108 Å². The Morgan fingerprint density at radius 1 is 0.514 bits per heavy atom. The third-order valence-electron chi connectivity index (χ3n) is 8.21. The van der Waals surface area contributed by atoms with Gasteiger partial charge in [-0.25, -0.2) is 0 Å². The molecule has 3 heteroatoms. The summed E-state index contributed by atoms with van der Waals surface area (Å²) in [6, 6.07) is 34.7. The molecule has 0 nitrogen and oxygen atoms in total. The maximum atomic E-state index is 7.17. The fraction of sp³-hybridized carbons (Fsp3) is 0.176. The summed E-state index contributed by atoms with van der Waals surface area (Å²) in [5, 5.41) is 2.68. The van der Waals surface area contributed by atoms with Gasteiger partial charge in [0.15, 0.2) is 0 Å². The van der Waals surface area contributed by atoms with E-state index in [9.17, 15) is 0 Å². The molecule has 0 saturated carbocycles. The lowest BCUT2D eigenvalue weighted by atomic mass is 9.97. The van der Waals surface area contributed by atoms with E-state index in [1.54, 1.807) is 0 Å². The van der Waals surface area contributed by atoms with Crippen molar-refractivity contribution >= 4 is 41.7 Å². The summed E-state index contributed by atoms with van der Waals surface area (Å²) in [5.41, 5.74) is 12.7. The van der Waals surface area contributed by atoms with E-state index >= 15 is 0 Å². The van der Waals surface area contributed by atoms with Gasteiger partial charge in [0.05, 0.1) is 10.8 Å². The second kappa shape index (κ2) is 9.17. The van der Waals surface area contributed by atoms with Crippen molar-refractivity contribution in [3.8, 4) is 22.3 Å². The smallest absolute Gasteiger partial charge is 0.113 e. The fourth-order valence-corrected chi connectivity index (χ4v) is 11.8. The Morgan fingerprint density at radius 3 is 1.27 bits per heavy atom. The number of alkyl halides is 2. The largest absolute Gasteiger partial charge is 0.113 e. The summed E-state index contributed by atoms with van der Waals surface area (Å²) in [7, 11) is -2.29. The Hall–Kier alpha value is -2.84. The van der Waals surface area contributed by atoms with Crippen molar-refractivity contribution in [3.63, 3.8) is 0 Å². The van der Waals surface area contributed by atoms with Crippen LogP contribution in [-0.2, 0) is 0 Å². The van der Waals surface area contributed by atoms with Gasteiger partial charge in [-0.05, 0) is 68.7 Å². The Labute approximate surface area is 231 Å². The minimum Gasteiger partial charge on any atom is -0.113 e. The molecule has 2 aliphatic carbocycles. The zero-order valence-corrected chi connectivity index (χ0v) is 24.2. The number of fused-ring (bicyclic) bond motifs is 2. The number of rotatable bonds is 4. The topological polar surface area (TPSA) is 0 Å². The van der Waals surface area contributed by atoms with Crippen molar-refractivity contribution in [3.05, 3.63) is 130 Å². The lowest BCUT2D eigenvalue weighted by Crippen LogP contribution is -2.31. The highest BCUT2D eigenvalue weighted by Crippen LogP contribution is 2.58. The Kier molecular flexibility index (Phi) is 6.07. The van der Waals surface area contributed by atoms with E-state index in [0.29, 0.717) is 0 Å². The Morgan fingerprint density at radius 2 is 0.892 bits per heavy atom. The van der Waals surface area contributed by atoms with Crippen molar-refractivity contribution < 1.29 is 0 Å². The summed E-state index contributed by atoms with van der Waals surface area (Å²) >= 11 is 14.3. The third kappa shape index (κ3) is 3.71. The van der Waals surface area contributed by atoms with Gasteiger partial charge in [-0.15, -0.1) is 23.2 Å². The van der Waals surface area contributed by atoms with Crippen molar-refractivity contribution in [1.29, 1.82) is 0 Å². The monoisotopic (exact) mass is 536 g/mol. The molecule has 37 heavy (non-hydrogen) atoms. The van der Waals surface area contributed by atoms with E-state index in [1.165, 1.54) is 66.0 Å². The van der Waals surface area contributed by atoms with Crippen LogP contribution in [0, 0.1) is 0 Å². The first kappa shape index (κ1) is 24.5. The van der Waals surface area contributed by atoms with Gasteiger partial charge in [-0.3, -0.25) is 0 Å². The van der Waals surface area contributed by atoms with Crippen molar-refractivity contribution in [2.24, 2.45) is 0 Å². The van der Waals surface area contributed by atoms with Gasteiger partial charge in [-0.1, -0.05) is 121 Å². The normalized spacial score (nSPS) is 18.9. The van der Waals surface area contributed by atoms with Gasteiger partial charge >= 0.3 is 0 Å². The highest BCUT2D eigenvalue weighted by Gasteiger charge is 2.45. The minimum absolute atomic E-state index is 0.113. The molecule has 0 saturated heterocycles. The van der Waals surface area contributed by atoms with Crippen LogP contribution >= 0.6 is 23.2 Å². The number of hydrogen-bond acceptors (Lipinski definition) is 0. The van der Waals surface area contributed by atoms with E-state index < -0.39 is 8.07 Å². The van der Waals surface area contributed by atoms with Crippen LogP contribution in [0.1, 0.15) is 46.9 Å². The average Bonchev–Trinajstić information content (AvgIpc) is 3.35. The molecule has 4 aromatic rings. The molecule has 0 aromatic heterocycles. The van der Waals surface area contributed by atoms with Gasteiger partial charge in [0.1, 0.15) is 8.07 Å². The van der Waals surface area contributed by atoms with E-state index in [0.717, 1.165) is 0 Å². The van der Waals surface area contributed by atoms with Crippen LogP contribution in [0.4, 0.5) is 0 Å². The maximum Gasteiger partial charge on any atom is 0.113 e. The van der Waals surface area contributed by atoms with E-state index in [4.69, 9.17) is 23.2 Å². The number of hydrogen-bond donors (Lipinski definition) is 0. The van der Waals surface area contributed by atoms with Crippen molar-refractivity contribution in [2.75, 3.05) is 0 Å². The third-order valence-corrected chi connectivity index (χ3v) is 13.1. The quantitative estimate of drug-likeness (QED) is 0.179. The number of allylic oxidation sites excluding steroid dienone is 2. The zero-order valence-electron chi connectivity index (χ0n) is 21.6. The summed E-state index contributed by atoms with van der Waals surface area (Å²) in [6.07, 6.45) is 0. The molecule has 184 valence electrons. The molecule has 6 rings (SSSR count). The van der Waals surface area contributed by atoms with Gasteiger partial charge in [-0.2, -0.15) is 0 Å². The van der Waals surface area contributed by atoms with Crippen molar-refractivity contribution in [1.82, 2.24) is 0 Å². The summed E-state index contributed by atoms with van der Waals surface area (Å²) in [6.45, 7) is 9.46. The van der Waals surface area contributed by atoms with E-state index in [1.807, 2.05) is 0 Å². The SMILES string of the molecule is CC1=C([Si](C)(C)C2=C(C)C(Cl)c3cccc(-c4ccccc4)c32)c2c(-c3ccccc3)cccc2C1Cl. The standard InChI is InChI=1S/C34H30Cl2Si/c1-21-31(35)27-19-11-17-25(23-13-7-5-8-14-23)29(27)33(21)37(3,4)34-22(2)32(36)28-20-12-18-26(30(28)34)24-15-9-6-10-16-24/h5-20,31-32H,1-4H3. The van der Waals surface area contributed by atoms with Gasteiger partial charge in [0.25, 0.3) is 0 Å². The van der Waals surface area contributed by atoms with Crippen LogP contribution in [0.3, 0.4) is 0 Å². The zero-order chi connectivity index (χ0) is 25.9. The molecule has 0 bridgehead atoms. The molecule has 0 amide bonds. The maximum absolute atomic E-state index is 7.17. The summed E-state index contributed by atoms with van der Waals surface area (Å²) in [5.74, 6) is 0. The Balaban J connectivity index is 1.61. The molecule has 2 aliphatic rings. The average molecular weight is 538 g/mol. The highest BCUT2D eigenvalue weighted by molar-refractivity contribution is 7.09. The molecule has 2 atom stereocenters. The molecule has 0 aliphatic heterocycles. The molecule has 0 spiro atoms. The minimum atomic E-state index is -2.29. The highest BCUT2D eigenvalue weighted by atomic mass is 35.5. The van der Waals surface area contributed by atoms with E-state index in [2.05, 4.69) is 124 Å². The van der Waals surface area contributed by atoms with Crippen LogP contribution in [0.5, 0.6) is 0 Å². The lowest BCUT2D eigenvalue weighted by molar-refractivity contribution is 1.14. The van der Waals surface area contributed by atoms with Gasteiger partial charge in [0.2, 0.25) is 0 Å². The number of benzene rings is 4. The Bertz CT molecular complexity index is 1460. The summed E-state index contributed by atoms with van der Waals surface area (Å²) in [4.78, 5) is 0. The molecular formula is C34H30Cl2Si. The second-order valence-electron chi connectivity index (χ2n) is 10.7. The molecule has 0 N–H and O–H groups in total. The van der Waals surface area contributed by atoms with Gasteiger partial charge < -0.3 is 0 Å². The van der Waals surface area contributed by atoms with E-state index in [-0.39, 0.29) is 10.8 Å². The first-order valence-corrected chi connectivity index (χ1v) is 16.8. The predicted octanol–water partition coefficient (Wildman–Crippen LogP) is 10.6.